The highest BCUT2D eigenvalue weighted by Crippen LogP contribution is 2.28. The van der Waals surface area contributed by atoms with Crippen LogP contribution in [0.4, 0.5) is 0 Å². The fourth-order valence-electron chi connectivity index (χ4n) is 2.64. The number of rotatable bonds is 9. The van der Waals surface area contributed by atoms with Gasteiger partial charge >= 0.3 is 5.97 Å². The van der Waals surface area contributed by atoms with Gasteiger partial charge in [-0.2, -0.15) is 0 Å². The van der Waals surface area contributed by atoms with Gasteiger partial charge in [0, 0.05) is 19.0 Å². The van der Waals surface area contributed by atoms with E-state index in [0.29, 0.717) is 17.7 Å². The molecule has 138 valence electrons. The van der Waals surface area contributed by atoms with Crippen LogP contribution in [0.1, 0.15) is 38.7 Å². The molecule has 0 spiro atoms. The van der Waals surface area contributed by atoms with E-state index in [1.807, 2.05) is 0 Å². The molecule has 1 saturated carbocycles. The topological polar surface area (TPSA) is 91.8 Å². The third kappa shape index (κ3) is 5.29. The number of aryl methyl sites for hydroxylation is 1. The molecule has 2 rings (SSSR count). The molecule has 0 radical (unpaired) electrons. The highest BCUT2D eigenvalue weighted by atomic mass is 32.2. The zero-order valence-electron chi connectivity index (χ0n) is 14.6. The number of aliphatic carboxylic acids is 1. The van der Waals surface area contributed by atoms with Gasteiger partial charge in [-0.25, -0.2) is 8.42 Å². The van der Waals surface area contributed by atoms with Crippen molar-refractivity contribution in [1.82, 2.24) is 4.90 Å². The predicted octanol–water partition coefficient (Wildman–Crippen LogP) is 2.12. The number of sulfone groups is 1. The summed E-state index contributed by atoms with van der Waals surface area (Å²) in [5, 5.41) is 9.05. The van der Waals surface area contributed by atoms with Crippen molar-refractivity contribution in [2.75, 3.05) is 12.3 Å². The minimum absolute atomic E-state index is 0.0409. The van der Waals surface area contributed by atoms with Crippen LogP contribution in [-0.2, 0) is 25.8 Å². The van der Waals surface area contributed by atoms with Crippen LogP contribution in [0.2, 0.25) is 0 Å². The van der Waals surface area contributed by atoms with Crippen LogP contribution in [0.5, 0.6) is 0 Å². The van der Waals surface area contributed by atoms with Crippen molar-refractivity contribution >= 4 is 21.7 Å². The molecule has 1 unspecified atom stereocenters. The molecule has 6 nitrogen and oxygen atoms in total. The van der Waals surface area contributed by atoms with Crippen LogP contribution in [-0.4, -0.2) is 48.6 Å². The first-order valence-electron chi connectivity index (χ1n) is 8.58. The average molecular weight is 367 g/mol. The van der Waals surface area contributed by atoms with Gasteiger partial charge in [0.25, 0.3) is 0 Å². The molecule has 0 bridgehead atoms. The lowest BCUT2D eigenvalue weighted by molar-refractivity contribution is -0.143. The molecule has 1 aliphatic carbocycles. The maximum Gasteiger partial charge on any atom is 0.308 e. The lowest BCUT2D eigenvalue weighted by Crippen LogP contribution is -2.38. The molecule has 0 aromatic heterocycles. The van der Waals surface area contributed by atoms with Crippen molar-refractivity contribution in [3.05, 3.63) is 29.8 Å². The summed E-state index contributed by atoms with van der Waals surface area (Å²) in [5.74, 6) is -1.46. The van der Waals surface area contributed by atoms with Gasteiger partial charge in [0.2, 0.25) is 5.91 Å². The van der Waals surface area contributed by atoms with Crippen LogP contribution < -0.4 is 0 Å². The van der Waals surface area contributed by atoms with E-state index >= 15 is 0 Å². The van der Waals surface area contributed by atoms with E-state index in [-0.39, 0.29) is 24.2 Å². The maximum absolute atomic E-state index is 12.5. The minimum atomic E-state index is -3.22. The Bertz CT molecular complexity index is 722. The van der Waals surface area contributed by atoms with Crippen molar-refractivity contribution in [3.8, 4) is 0 Å². The number of carboxylic acids is 1. The second kappa shape index (κ2) is 7.99. The van der Waals surface area contributed by atoms with Crippen LogP contribution in [0, 0.1) is 5.92 Å². The Balaban J connectivity index is 1.95. The first-order valence-corrected chi connectivity index (χ1v) is 10.2. The molecular weight excluding hydrogens is 342 g/mol. The first kappa shape index (κ1) is 19.4. The van der Waals surface area contributed by atoms with Gasteiger partial charge in [-0.1, -0.05) is 26.0 Å². The molecular formula is C18H25NO5S. The molecule has 1 N–H and O–H groups in total. The summed E-state index contributed by atoms with van der Waals surface area (Å²) in [7, 11) is -3.22. The molecule has 1 atom stereocenters. The Morgan fingerprint density at radius 2 is 1.84 bits per heavy atom. The van der Waals surface area contributed by atoms with Crippen molar-refractivity contribution in [3.63, 3.8) is 0 Å². The minimum Gasteiger partial charge on any atom is -0.481 e. The van der Waals surface area contributed by atoms with Gasteiger partial charge in [0.15, 0.2) is 9.84 Å². The summed E-state index contributed by atoms with van der Waals surface area (Å²) in [5.41, 5.74) is 0.894. The monoisotopic (exact) mass is 367 g/mol. The van der Waals surface area contributed by atoms with Crippen LogP contribution >= 0.6 is 0 Å². The number of carboxylic acid groups (broad SMARTS) is 1. The number of carbonyl (C=O) groups excluding carboxylic acids is 1. The van der Waals surface area contributed by atoms with Crippen LogP contribution in [0.25, 0.3) is 0 Å². The Morgan fingerprint density at radius 3 is 2.32 bits per heavy atom. The normalized spacial score (nSPS) is 15.6. The fourth-order valence-corrected chi connectivity index (χ4v) is 3.52. The number of benzene rings is 1. The van der Waals surface area contributed by atoms with E-state index in [9.17, 15) is 18.0 Å². The second-order valence-corrected chi connectivity index (χ2v) is 8.84. The molecule has 0 saturated heterocycles. The summed E-state index contributed by atoms with van der Waals surface area (Å²) in [6.45, 7) is 3.46. The van der Waals surface area contributed by atoms with Crippen LogP contribution in [0.3, 0.4) is 0 Å². The molecule has 1 aromatic rings. The van der Waals surface area contributed by atoms with Gasteiger partial charge in [0.05, 0.1) is 16.6 Å². The molecule has 25 heavy (non-hydrogen) atoms. The van der Waals surface area contributed by atoms with Crippen molar-refractivity contribution in [1.29, 1.82) is 0 Å². The van der Waals surface area contributed by atoms with E-state index < -0.39 is 21.7 Å². The zero-order valence-corrected chi connectivity index (χ0v) is 15.5. The molecule has 1 amide bonds. The Labute approximate surface area is 148 Å². The predicted molar refractivity (Wildman–Crippen MR) is 94.0 cm³/mol. The second-order valence-electron chi connectivity index (χ2n) is 6.56. The summed E-state index contributed by atoms with van der Waals surface area (Å²) in [6, 6.07) is 6.79. The number of nitrogens with zero attached hydrogens (tertiary/aromatic N) is 1. The summed E-state index contributed by atoms with van der Waals surface area (Å²) >= 11 is 0. The third-order valence-corrected chi connectivity index (χ3v) is 6.24. The smallest absolute Gasteiger partial charge is 0.308 e. The van der Waals surface area contributed by atoms with Gasteiger partial charge in [-0.05, 0) is 37.0 Å². The molecule has 0 aliphatic heterocycles. The fraction of sp³-hybridized carbons (Fsp3) is 0.556. The van der Waals surface area contributed by atoms with E-state index in [1.165, 1.54) is 0 Å². The number of hydrogen-bond acceptors (Lipinski definition) is 4. The van der Waals surface area contributed by atoms with E-state index in [1.54, 1.807) is 43.0 Å². The van der Waals surface area contributed by atoms with E-state index in [0.717, 1.165) is 18.4 Å². The van der Waals surface area contributed by atoms with E-state index in [4.69, 9.17) is 5.11 Å². The Hall–Kier alpha value is -1.89. The summed E-state index contributed by atoms with van der Waals surface area (Å²) < 4.78 is 23.6. The van der Waals surface area contributed by atoms with E-state index in [2.05, 4.69) is 0 Å². The summed E-state index contributed by atoms with van der Waals surface area (Å²) in [6.07, 6.45) is 2.67. The highest BCUT2D eigenvalue weighted by molar-refractivity contribution is 7.91. The SMILES string of the molecule is CCS(=O)(=O)c1ccc(CCC(=O)N(CC(C)C(=O)O)C2CC2)cc1. The Morgan fingerprint density at radius 1 is 1.24 bits per heavy atom. The molecule has 1 aromatic carbocycles. The first-order chi connectivity index (χ1) is 11.7. The lowest BCUT2D eigenvalue weighted by Gasteiger charge is -2.24. The molecule has 7 heteroatoms. The van der Waals surface area contributed by atoms with Gasteiger partial charge in [-0.15, -0.1) is 0 Å². The zero-order chi connectivity index (χ0) is 18.6. The van der Waals surface area contributed by atoms with Crippen molar-refractivity contribution in [2.45, 2.75) is 50.5 Å². The third-order valence-electron chi connectivity index (χ3n) is 4.49. The largest absolute Gasteiger partial charge is 0.481 e. The van der Waals surface area contributed by atoms with Gasteiger partial charge < -0.3 is 10.0 Å². The Kier molecular flexibility index (Phi) is 6.21. The molecule has 0 heterocycles. The average Bonchev–Trinajstić information content (AvgIpc) is 3.42. The van der Waals surface area contributed by atoms with Crippen molar-refractivity contribution in [2.24, 2.45) is 5.92 Å². The van der Waals surface area contributed by atoms with Crippen molar-refractivity contribution < 1.29 is 23.1 Å². The summed E-state index contributed by atoms with van der Waals surface area (Å²) in [4.78, 5) is 25.5. The van der Waals surface area contributed by atoms with Gasteiger partial charge in [-0.3, -0.25) is 9.59 Å². The molecule has 1 aliphatic rings. The number of amides is 1. The van der Waals surface area contributed by atoms with Gasteiger partial charge in [0.1, 0.15) is 0 Å². The van der Waals surface area contributed by atoms with Crippen LogP contribution in [0.15, 0.2) is 29.2 Å². The quantitative estimate of drug-likeness (QED) is 0.722. The standard InChI is InChI=1S/C18H25NO5S/c1-3-25(23,24)16-9-4-14(5-10-16)6-11-17(20)19(15-7-8-15)12-13(2)18(21)22/h4-5,9-10,13,15H,3,6-8,11-12H2,1-2H3,(H,21,22). The molecule has 1 fully saturated rings. The number of carbonyl (C=O) groups is 2. The highest BCUT2D eigenvalue weighted by Gasteiger charge is 2.34. The maximum atomic E-state index is 12.5. The number of hydrogen-bond donors (Lipinski definition) is 1. The lowest BCUT2D eigenvalue weighted by atomic mass is 10.1.